The number of fused-ring (bicyclic) bond motifs is 1. The Kier molecular flexibility index (Phi) is 5.35. The summed E-state index contributed by atoms with van der Waals surface area (Å²) in [6, 6.07) is 22.5. The minimum atomic E-state index is -0.122. The molecular formula is C24H24N4O. The van der Waals surface area contributed by atoms with Crippen molar-refractivity contribution in [3.63, 3.8) is 0 Å². The van der Waals surface area contributed by atoms with Crippen molar-refractivity contribution >= 4 is 0 Å². The van der Waals surface area contributed by atoms with Crippen LogP contribution in [0.1, 0.15) is 42.5 Å². The maximum atomic E-state index is 9.80. The number of benzene rings is 2. The van der Waals surface area contributed by atoms with Crippen LogP contribution in [0.5, 0.6) is 5.88 Å². The highest BCUT2D eigenvalue weighted by molar-refractivity contribution is 5.52. The number of aromatic nitrogens is 2. The number of rotatable bonds is 6. The Morgan fingerprint density at radius 2 is 1.76 bits per heavy atom. The van der Waals surface area contributed by atoms with Crippen LogP contribution in [-0.2, 0) is 12.8 Å². The van der Waals surface area contributed by atoms with Crippen LogP contribution in [0.2, 0.25) is 0 Å². The Balaban J connectivity index is 1.79. The molecule has 1 aliphatic rings. The van der Waals surface area contributed by atoms with E-state index in [-0.39, 0.29) is 11.8 Å². The van der Waals surface area contributed by atoms with E-state index in [0.29, 0.717) is 11.5 Å². The summed E-state index contributed by atoms with van der Waals surface area (Å²) in [6.07, 6.45) is 3.42. The van der Waals surface area contributed by atoms with E-state index < -0.39 is 0 Å². The van der Waals surface area contributed by atoms with Crippen LogP contribution in [0, 0.1) is 11.3 Å². The second-order valence-electron chi connectivity index (χ2n) is 7.23. The summed E-state index contributed by atoms with van der Waals surface area (Å²) in [7, 11) is 0. The van der Waals surface area contributed by atoms with E-state index in [2.05, 4.69) is 25.1 Å². The van der Waals surface area contributed by atoms with Gasteiger partial charge in [0.25, 0.3) is 0 Å². The van der Waals surface area contributed by atoms with Gasteiger partial charge in [0.2, 0.25) is 11.8 Å². The molecule has 0 spiro atoms. The highest BCUT2D eigenvalue weighted by atomic mass is 16.5. The lowest BCUT2D eigenvalue weighted by molar-refractivity contribution is 0.360. The lowest BCUT2D eigenvalue weighted by Crippen LogP contribution is -2.22. The topological polar surface area (TPSA) is 76.9 Å². The standard InChI is InChI=1S/C24H24N4O/c1-2-9-21-22-19(15-14-17-10-5-3-6-11-17)20(16-25)23(26)29-24(22)28(27-21)18-12-7-4-8-13-18/h3-8,10-13,19H,2,9,14-15,26H2,1H3. The second-order valence-corrected chi connectivity index (χ2v) is 7.23. The smallest absolute Gasteiger partial charge is 0.228 e. The van der Waals surface area contributed by atoms with Gasteiger partial charge < -0.3 is 10.5 Å². The number of nitrogens with zero attached hydrogens (tertiary/aromatic N) is 3. The normalized spacial score (nSPS) is 15.5. The molecule has 5 nitrogen and oxygen atoms in total. The van der Waals surface area contributed by atoms with Crippen LogP contribution < -0.4 is 10.5 Å². The molecule has 0 bridgehead atoms. The van der Waals surface area contributed by atoms with Gasteiger partial charge in [0.1, 0.15) is 6.07 Å². The third kappa shape index (κ3) is 3.62. The maximum absolute atomic E-state index is 9.80. The van der Waals surface area contributed by atoms with E-state index in [0.717, 1.165) is 42.6 Å². The predicted molar refractivity (Wildman–Crippen MR) is 113 cm³/mol. The molecule has 0 amide bonds. The van der Waals surface area contributed by atoms with E-state index in [1.54, 1.807) is 0 Å². The number of hydrogen-bond acceptors (Lipinski definition) is 4. The fourth-order valence-corrected chi connectivity index (χ4v) is 3.92. The second kappa shape index (κ2) is 8.24. The van der Waals surface area contributed by atoms with Crippen LogP contribution in [0.3, 0.4) is 0 Å². The Bertz CT molecular complexity index is 1060. The molecule has 2 N–H and O–H groups in total. The minimum Gasteiger partial charge on any atom is -0.422 e. The van der Waals surface area contributed by atoms with Crippen molar-refractivity contribution in [1.29, 1.82) is 5.26 Å². The van der Waals surface area contributed by atoms with Gasteiger partial charge in [-0.05, 0) is 37.0 Å². The first-order valence-corrected chi connectivity index (χ1v) is 10.0. The van der Waals surface area contributed by atoms with Crippen molar-refractivity contribution in [1.82, 2.24) is 9.78 Å². The monoisotopic (exact) mass is 384 g/mol. The first-order chi connectivity index (χ1) is 14.2. The SMILES string of the molecule is CCCc1nn(-c2ccccc2)c2c1C(CCc1ccccc1)C(C#N)=C(N)O2. The van der Waals surface area contributed by atoms with E-state index >= 15 is 0 Å². The molecule has 0 radical (unpaired) electrons. The molecule has 3 aromatic rings. The lowest BCUT2D eigenvalue weighted by Gasteiger charge is -2.25. The van der Waals surface area contributed by atoms with Gasteiger partial charge in [-0.1, -0.05) is 61.9 Å². The van der Waals surface area contributed by atoms with Crippen LogP contribution in [-0.4, -0.2) is 9.78 Å². The minimum absolute atomic E-state index is 0.122. The fraction of sp³-hybridized carbons (Fsp3) is 0.250. The molecule has 2 heterocycles. The van der Waals surface area contributed by atoms with Crippen LogP contribution in [0.4, 0.5) is 0 Å². The quantitative estimate of drug-likeness (QED) is 0.672. The molecular weight excluding hydrogens is 360 g/mol. The number of ether oxygens (including phenoxy) is 1. The molecule has 1 atom stereocenters. The number of nitriles is 1. The van der Waals surface area contributed by atoms with E-state index in [1.807, 2.05) is 53.2 Å². The lowest BCUT2D eigenvalue weighted by atomic mass is 9.84. The van der Waals surface area contributed by atoms with Gasteiger partial charge in [0, 0.05) is 11.5 Å². The van der Waals surface area contributed by atoms with Crippen molar-refractivity contribution in [3.8, 4) is 17.6 Å². The van der Waals surface area contributed by atoms with Crippen LogP contribution in [0.25, 0.3) is 5.69 Å². The average Bonchev–Trinajstić information content (AvgIpc) is 3.11. The molecule has 2 aromatic carbocycles. The molecule has 1 aromatic heterocycles. The van der Waals surface area contributed by atoms with Gasteiger partial charge >= 0.3 is 0 Å². The van der Waals surface area contributed by atoms with Crippen molar-refractivity contribution < 1.29 is 4.74 Å². The molecule has 5 heteroatoms. The van der Waals surface area contributed by atoms with Gasteiger partial charge in [-0.2, -0.15) is 10.4 Å². The number of aryl methyl sites for hydroxylation is 2. The molecule has 0 aliphatic carbocycles. The Morgan fingerprint density at radius 1 is 1.07 bits per heavy atom. The molecule has 146 valence electrons. The molecule has 0 saturated heterocycles. The number of allylic oxidation sites excluding steroid dienone is 1. The van der Waals surface area contributed by atoms with E-state index in [1.165, 1.54) is 5.56 Å². The Labute approximate surface area is 171 Å². The van der Waals surface area contributed by atoms with Crippen LogP contribution >= 0.6 is 0 Å². The largest absolute Gasteiger partial charge is 0.422 e. The fourth-order valence-electron chi connectivity index (χ4n) is 3.92. The van der Waals surface area contributed by atoms with Gasteiger partial charge in [0.05, 0.1) is 17.0 Å². The van der Waals surface area contributed by atoms with Crippen molar-refractivity contribution in [2.24, 2.45) is 5.73 Å². The van der Waals surface area contributed by atoms with Crippen molar-refractivity contribution in [3.05, 3.63) is 88.9 Å². The van der Waals surface area contributed by atoms with Crippen LogP contribution in [0.15, 0.2) is 72.1 Å². The summed E-state index contributed by atoms with van der Waals surface area (Å²) in [5.41, 5.74) is 10.8. The summed E-state index contributed by atoms with van der Waals surface area (Å²) in [5.74, 6) is 0.690. The molecule has 4 rings (SSSR count). The van der Waals surface area contributed by atoms with E-state index in [4.69, 9.17) is 15.6 Å². The Hall–Kier alpha value is -3.52. The number of para-hydroxylation sites is 1. The molecule has 29 heavy (non-hydrogen) atoms. The summed E-state index contributed by atoms with van der Waals surface area (Å²) in [4.78, 5) is 0. The average molecular weight is 384 g/mol. The highest BCUT2D eigenvalue weighted by Crippen LogP contribution is 2.43. The highest BCUT2D eigenvalue weighted by Gasteiger charge is 2.35. The third-order valence-corrected chi connectivity index (χ3v) is 5.30. The summed E-state index contributed by atoms with van der Waals surface area (Å²) < 4.78 is 7.78. The zero-order valence-electron chi connectivity index (χ0n) is 16.5. The zero-order valence-corrected chi connectivity index (χ0v) is 16.5. The van der Waals surface area contributed by atoms with Crippen molar-refractivity contribution in [2.75, 3.05) is 0 Å². The predicted octanol–water partition coefficient (Wildman–Crippen LogP) is 4.63. The van der Waals surface area contributed by atoms with Crippen molar-refractivity contribution in [2.45, 2.75) is 38.5 Å². The number of hydrogen-bond donors (Lipinski definition) is 1. The zero-order chi connectivity index (χ0) is 20.2. The molecule has 0 saturated carbocycles. The van der Waals surface area contributed by atoms with Gasteiger partial charge in [0.15, 0.2) is 0 Å². The maximum Gasteiger partial charge on any atom is 0.228 e. The molecule has 0 fully saturated rings. The molecule has 1 unspecified atom stereocenters. The first kappa shape index (κ1) is 18.8. The van der Waals surface area contributed by atoms with E-state index in [9.17, 15) is 5.26 Å². The third-order valence-electron chi connectivity index (χ3n) is 5.30. The molecule has 1 aliphatic heterocycles. The van der Waals surface area contributed by atoms with Gasteiger partial charge in [-0.25, -0.2) is 4.68 Å². The summed E-state index contributed by atoms with van der Waals surface area (Å²) >= 11 is 0. The van der Waals surface area contributed by atoms with Gasteiger partial charge in [-0.15, -0.1) is 0 Å². The first-order valence-electron chi connectivity index (χ1n) is 10.0. The summed E-state index contributed by atoms with van der Waals surface area (Å²) in [6.45, 7) is 2.13. The summed E-state index contributed by atoms with van der Waals surface area (Å²) in [5, 5.41) is 14.7. The number of nitrogens with two attached hydrogens (primary N) is 1. The van der Waals surface area contributed by atoms with Gasteiger partial charge in [-0.3, -0.25) is 0 Å². The Morgan fingerprint density at radius 3 is 2.41 bits per heavy atom.